The Morgan fingerprint density at radius 2 is 1.79 bits per heavy atom. The van der Waals surface area contributed by atoms with E-state index in [0.29, 0.717) is 4.47 Å². The van der Waals surface area contributed by atoms with Crippen molar-refractivity contribution in [2.75, 3.05) is 11.9 Å². The molecule has 0 aliphatic rings. The van der Waals surface area contributed by atoms with E-state index in [1.165, 1.54) is 11.6 Å². The molecule has 0 aliphatic heterocycles. The molecule has 2 aromatic rings. The Bertz CT molecular complexity index is 513. The van der Waals surface area contributed by atoms with E-state index in [4.69, 9.17) is 0 Å². The molecule has 0 heterocycles. The number of halogens is 2. The van der Waals surface area contributed by atoms with E-state index >= 15 is 0 Å². The molecule has 0 bridgehead atoms. The number of aryl methyl sites for hydroxylation is 1. The van der Waals surface area contributed by atoms with Crippen LogP contribution in [0.2, 0.25) is 0 Å². The van der Waals surface area contributed by atoms with E-state index in [0.717, 1.165) is 31.5 Å². The fraction of sp³-hybridized carbons (Fsp3) is 0.250. The second kappa shape index (κ2) is 7.29. The van der Waals surface area contributed by atoms with E-state index in [1.54, 1.807) is 6.07 Å². The Morgan fingerprint density at radius 3 is 2.53 bits per heavy atom. The van der Waals surface area contributed by atoms with Crippen LogP contribution in [0.5, 0.6) is 0 Å². The molecule has 3 heteroatoms. The van der Waals surface area contributed by atoms with Crippen LogP contribution < -0.4 is 5.32 Å². The Kier molecular flexibility index (Phi) is 5.40. The van der Waals surface area contributed by atoms with Crippen molar-refractivity contribution in [1.82, 2.24) is 0 Å². The van der Waals surface area contributed by atoms with E-state index in [2.05, 4.69) is 45.5 Å². The minimum absolute atomic E-state index is 0.228. The van der Waals surface area contributed by atoms with Crippen molar-refractivity contribution in [2.24, 2.45) is 0 Å². The zero-order valence-corrected chi connectivity index (χ0v) is 12.3. The van der Waals surface area contributed by atoms with Gasteiger partial charge in [0, 0.05) is 12.2 Å². The average molecular weight is 322 g/mol. The largest absolute Gasteiger partial charge is 0.385 e. The standard InChI is InChI=1S/C16H17BrFN/c17-15-10-9-14(12-16(15)18)19-11-5-4-8-13-6-2-1-3-7-13/h1-3,6-7,9-10,12,19H,4-5,8,11H2. The zero-order chi connectivity index (χ0) is 13.5. The van der Waals surface area contributed by atoms with Crippen LogP contribution in [0.4, 0.5) is 10.1 Å². The van der Waals surface area contributed by atoms with Crippen LogP contribution in [-0.2, 0) is 6.42 Å². The molecular formula is C16H17BrFN. The van der Waals surface area contributed by atoms with E-state index in [9.17, 15) is 4.39 Å². The minimum atomic E-state index is -0.228. The molecule has 2 aromatic carbocycles. The Hall–Kier alpha value is -1.35. The summed E-state index contributed by atoms with van der Waals surface area (Å²) in [7, 11) is 0. The van der Waals surface area contributed by atoms with Gasteiger partial charge in [0.05, 0.1) is 4.47 Å². The van der Waals surface area contributed by atoms with Crippen LogP contribution in [0.3, 0.4) is 0 Å². The third-order valence-corrected chi connectivity index (χ3v) is 3.63. The summed E-state index contributed by atoms with van der Waals surface area (Å²) < 4.78 is 13.8. The lowest BCUT2D eigenvalue weighted by Gasteiger charge is -2.07. The highest BCUT2D eigenvalue weighted by atomic mass is 79.9. The third kappa shape index (κ3) is 4.67. The Balaban J connectivity index is 1.68. The normalized spacial score (nSPS) is 10.4. The number of unbranched alkanes of at least 4 members (excludes halogenated alkanes) is 1. The van der Waals surface area contributed by atoms with Gasteiger partial charge in [-0.3, -0.25) is 0 Å². The molecule has 0 saturated carbocycles. The number of nitrogens with one attached hydrogen (secondary N) is 1. The summed E-state index contributed by atoms with van der Waals surface area (Å²) in [6.07, 6.45) is 3.31. The lowest BCUT2D eigenvalue weighted by molar-refractivity contribution is 0.621. The summed E-state index contributed by atoms with van der Waals surface area (Å²) in [6, 6.07) is 15.6. The molecule has 0 aliphatic carbocycles. The van der Waals surface area contributed by atoms with Gasteiger partial charge in [-0.25, -0.2) is 4.39 Å². The highest BCUT2D eigenvalue weighted by Crippen LogP contribution is 2.19. The van der Waals surface area contributed by atoms with Gasteiger partial charge in [0.2, 0.25) is 0 Å². The first-order valence-corrected chi connectivity index (χ1v) is 7.28. The summed E-state index contributed by atoms with van der Waals surface area (Å²) >= 11 is 3.15. The summed E-state index contributed by atoms with van der Waals surface area (Å²) in [5, 5.41) is 3.24. The van der Waals surface area contributed by atoms with Crippen molar-refractivity contribution < 1.29 is 4.39 Å². The second-order valence-corrected chi connectivity index (χ2v) is 5.35. The van der Waals surface area contributed by atoms with Crippen molar-refractivity contribution in [3.63, 3.8) is 0 Å². The Morgan fingerprint density at radius 1 is 1.00 bits per heavy atom. The predicted octanol–water partition coefficient (Wildman–Crippen LogP) is 5.02. The average Bonchev–Trinajstić information content (AvgIpc) is 2.43. The smallest absolute Gasteiger partial charge is 0.139 e. The number of hydrogen-bond acceptors (Lipinski definition) is 1. The number of hydrogen-bond donors (Lipinski definition) is 1. The van der Waals surface area contributed by atoms with Crippen molar-refractivity contribution in [3.8, 4) is 0 Å². The third-order valence-electron chi connectivity index (χ3n) is 2.98. The van der Waals surface area contributed by atoms with Crippen molar-refractivity contribution in [1.29, 1.82) is 0 Å². The van der Waals surface area contributed by atoms with Gasteiger partial charge in [-0.05, 0) is 59.0 Å². The lowest BCUT2D eigenvalue weighted by Crippen LogP contribution is -2.02. The quantitative estimate of drug-likeness (QED) is 0.736. The molecule has 0 unspecified atom stereocenters. The van der Waals surface area contributed by atoms with Crippen LogP contribution in [0.25, 0.3) is 0 Å². The van der Waals surface area contributed by atoms with Gasteiger partial charge in [-0.1, -0.05) is 30.3 Å². The molecule has 0 atom stereocenters. The van der Waals surface area contributed by atoms with Crippen molar-refractivity contribution in [2.45, 2.75) is 19.3 Å². The molecule has 0 saturated heterocycles. The summed E-state index contributed by atoms with van der Waals surface area (Å²) in [5.74, 6) is -0.228. The number of rotatable bonds is 6. The highest BCUT2D eigenvalue weighted by Gasteiger charge is 1.99. The van der Waals surface area contributed by atoms with Crippen LogP contribution >= 0.6 is 15.9 Å². The predicted molar refractivity (Wildman–Crippen MR) is 82.0 cm³/mol. The maximum atomic E-state index is 13.3. The van der Waals surface area contributed by atoms with Crippen molar-refractivity contribution >= 4 is 21.6 Å². The van der Waals surface area contributed by atoms with Gasteiger partial charge in [0.15, 0.2) is 0 Å². The fourth-order valence-electron chi connectivity index (χ4n) is 1.94. The van der Waals surface area contributed by atoms with Gasteiger partial charge in [0.25, 0.3) is 0 Å². The fourth-order valence-corrected chi connectivity index (χ4v) is 2.18. The van der Waals surface area contributed by atoms with Crippen LogP contribution in [-0.4, -0.2) is 6.54 Å². The number of anilines is 1. The van der Waals surface area contributed by atoms with Crippen molar-refractivity contribution in [3.05, 3.63) is 64.4 Å². The highest BCUT2D eigenvalue weighted by molar-refractivity contribution is 9.10. The van der Waals surface area contributed by atoms with Gasteiger partial charge in [0.1, 0.15) is 5.82 Å². The van der Waals surface area contributed by atoms with Crippen LogP contribution in [0.1, 0.15) is 18.4 Å². The maximum absolute atomic E-state index is 13.3. The molecule has 2 rings (SSSR count). The Labute approximate surface area is 122 Å². The van der Waals surface area contributed by atoms with E-state index in [-0.39, 0.29) is 5.82 Å². The first-order valence-electron chi connectivity index (χ1n) is 6.48. The van der Waals surface area contributed by atoms with E-state index < -0.39 is 0 Å². The second-order valence-electron chi connectivity index (χ2n) is 4.50. The minimum Gasteiger partial charge on any atom is -0.385 e. The van der Waals surface area contributed by atoms with Gasteiger partial charge >= 0.3 is 0 Å². The van der Waals surface area contributed by atoms with Gasteiger partial charge in [-0.15, -0.1) is 0 Å². The van der Waals surface area contributed by atoms with E-state index in [1.807, 2.05) is 12.1 Å². The SMILES string of the molecule is Fc1cc(NCCCCc2ccccc2)ccc1Br. The molecule has 100 valence electrons. The molecule has 1 nitrogen and oxygen atoms in total. The molecule has 1 N–H and O–H groups in total. The van der Waals surface area contributed by atoms with Crippen LogP contribution in [0, 0.1) is 5.82 Å². The zero-order valence-electron chi connectivity index (χ0n) is 10.7. The van der Waals surface area contributed by atoms with Gasteiger partial charge < -0.3 is 5.32 Å². The summed E-state index contributed by atoms with van der Waals surface area (Å²) in [5.41, 5.74) is 2.21. The monoisotopic (exact) mass is 321 g/mol. The molecule has 0 amide bonds. The first-order chi connectivity index (χ1) is 9.25. The topological polar surface area (TPSA) is 12.0 Å². The van der Waals surface area contributed by atoms with Gasteiger partial charge in [-0.2, -0.15) is 0 Å². The molecule has 0 aromatic heterocycles. The summed E-state index contributed by atoms with van der Waals surface area (Å²) in [4.78, 5) is 0. The van der Waals surface area contributed by atoms with Crippen LogP contribution in [0.15, 0.2) is 53.0 Å². The summed E-state index contributed by atoms with van der Waals surface area (Å²) in [6.45, 7) is 0.869. The lowest BCUT2D eigenvalue weighted by atomic mass is 10.1. The molecule has 19 heavy (non-hydrogen) atoms. The number of benzene rings is 2. The first kappa shape index (κ1) is 14.1. The molecule has 0 radical (unpaired) electrons. The molecule has 0 spiro atoms. The molecule has 0 fully saturated rings. The maximum Gasteiger partial charge on any atom is 0.139 e. The molecular weight excluding hydrogens is 305 g/mol.